The SMILES string of the molecule is Nc1nc2c(ncn2[C@@H]2O[C@@H]3COP(=O)(O)O[C@H]4[C@H](n5cnc6c(N)ncnc65)O[C@H](COP(=O)(O)O[C@H]3[C@H]2O)[C@]42CC2(F)F)c(=O)[nH]1. The first-order chi connectivity index (χ1) is 22.6. The van der Waals surface area contributed by atoms with Crippen molar-refractivity contribution >= 4 is 49.7 Å². The molecule has 1 aliphatic carbocycles. The highest BCUT2D eigenvalue weighted by molar-refractivity contribution is 7.47. The molecule has 3 saturated heterocycles. The average Bonchev–Trinajstić information content (AvgIpc) is 3.49. The Bertz CT molecular complexity index is 2120. The zero-order valence-corrected chi connectivity index (χ0v) is 25.6. The van der Waals surface area contributed by atoms with Gasteiger partial charge in [0.15, 0.2) is 35.1 Å². The van der Waals surface area contributed by atoms with Crippen LogP contribution < -0.4 is 17.0 Å². The number of aliphatic hydroxyl groups excluding tert-OH is 1. The van der Waals surface area contributed by atoms with Gasteiger partial charge in [-0.25, -0.2) is 37.8 Å². The van der Waals surface area contributed by atoms with Crippen molar-refractivity contribution in [3.05, 3.63) is 29.3 Å². The highest BCUT2D eigenvalue weighted by Crippen LogP contribution is 2.73. The minimum atomic E-state index is -5.32. The molecule has 3 aliphatic heterocycles. The lowest BCUT2D eigenvalue weighted by molar-refractivity contribution is -0.0673. The monoisotopic (exact) mass is 720 g/mol. The Labute approximate surface area is 264 Å². The maximum Gasteiger partial charge on any atom is 0.472 e. The van der Waals surface area contributed by atoms with E-state index in [1.807, 2.05) is 0 Å². The van der Waals surface area contributed by atoms with E-state index in [9.17, 15) is 28.8 Å². The van der Waals surface area contributed by atoms with Crippen molar-refractivity contribution in [1.29, 1.82) is 0 Å². The second kappa shape index (κ2) is 10.5. The Morgan fingerprint density at radius 2 is 1.60 bits per heavy atom. The molecule has 0 aromatic carbocycles. The van der Waals surface area contributed by atoms with Crippen molar-refractivity contribution in [2.45, 2.75) is 55.3 Å². The van der Waals surface area contributed by atoms with Gasteiger partial charge in [0.25, 0.3) is 11.5 Å². The fourth-order valence-electron chi connectivity index (χ4n) is 6.41. The minimum absolute atomic E-state index is 0.000226. The third kappa shape index (κ3) is 4.79. The molecule has 7 heterocycles. The predicted molar refractivity (Wildman–Crippen MR) is 149 cm³/mol. The van der Waals surface area contributed by atoms with Gasteiger partial charge >= 0.3 is 15.6 Å². The number of phosphoric ester groups is 2. The first-order valence-corrected chi connectivity index (χ1v) is 16.9. The van der Waals surface area contributed by atoms with Crippen LogP contribution in [0.4, 0.5) is 20.5 Å². The average molecular weight is 720 g/mol. The molecule has 48 heavy (non-hydrogen) atoms. The van der Waals surface area contributed by atoms with Crippen LogP contribution >= 0.6 is 15.6 Å². The van der Waals surface area contributed by atoms with Crippen LogP contribution in [0, 0.1) is 5.41 Å². The van der Waals surface area contributed by atoms with Crippen LogP contribution in [0.2, 0.25) is 0 Å². The molecule has 4 aromatic heterocycles. The molecule has 1 saturated carbocycles. The number of rotatable bonds is 2. The lowest BCUT2D eigenvalue weighted by Crippen LogP contribution is -2.37. The van der Waals surface area contributed by atoms with Gasteiger partial charge in [-0.15, -0.1) is 0 Å². The van der Waals surface area contributed by atoms with Crippen molar-refractivity contribution in [1.82, 2.24) is 39.0 Å². The van der Waals surface area contributed by atoms with Crippen molar-refractivity contribution in [2.24, 2.45) is 5.41 Å². The number of hydrogen-bond acceptors (Lipinski definition) is 17. The molecule has 258 valence electrons. The molecule has 2 bridgehead atoms. The Morgan fingerprint density at radius 1 is 0.938 bits per heavy atom. The van der Waals surface area contributed by atoms with Crippen molar-refractivity contribution < 1.29 is 60.4 Å². The zero-order valence-electron chi connectivity index (χ0n) is 23.8. The first-order valence-electron chi connectivity index (χ1n) is 13.9. The number of halogens is 2. The van der Waals surface area contributed by atoms with Crippen LogP contribution in [0.1, 0.15) is 18.9 Å². The smallest absolute Gasteiger partial charge is 0.386 e. The quantitative estimate of drug-likeness (QED) is 0.140. The lowest BCUT2D eigenvalue weighted by atomic mass is 9.94. The third-order valence-electron chi connectivity index (χ3n) is 8.70. The number of nitrogens with zero attached hydrogens (tertiary/aromatic N) is 7. The number of aromatic nitrogens is 8. The van der Waals surface area contributed by atoms with Crippen LogP contribution in [0.25, 0.3) is 22.3 Å². The minimum Gasteiger partial charge on any atom is -0.386 e. The summed E-state index contributed by atoms with van der Waals surface area (Å²) in [7, 11) is -10.6. The van der Waals surface area contributed by atoms with Gasteiger partial charge in [0.1, 0.15) is 36.3 Å². The molecule has 10 atom stereocenters. The summed E-state index contributed by atoms with van der Waals surface area (Å²) < 4.78 is 92.1. The van der Waals surface area contributed by atoms with Crippen molar-refractivity contribution in [3.63, 3.8) is 0 Å². The summed E-state index contributed by atoms with van der Waals surface area (Å²) in [4.78, 5) is 56.0. The normalized spacial score (nSPS) is 39.6. The summed E-state index contributed by atoms with van der Waals surface area (Å²) in [6, 6.07) is 0. The Balaban J connectivity index is 1.15. The van der Waals surface area contributed by atoms with Crippen LogP contribution in [-0.4, -0.2) is 104 Å². The van der Waals surface area contributed by atoms with Gasteiger partial charge < -0.3 is 35.8 Å². The number of hydrogen-bond donors (Lipinski definition) is 6. The van der Waals surface area contributed by atoms with E-state index in [0.717, 1.165) is 28.1 Å². The number of anilines is 2. The molecule has 22 nitrogen and oxygen atoms in total. The molecule has 8 rings (SSSR count). The number of alkyl halides is 2. The maximum atomic E-state index is 15.3. The fourth-order valence-corrected chi connectivity index (χ4v) is 8.34. The maximum absolute atomic E-state index is 15.3. The molecule has 8 N–H and O–H groups in total. The van der Waals surface area contributed by atoms with Crippen LogP contribution in [0.5, 0.6) is 0 Å². The van der Waals surface area contributed by atoms with Gasteiger partial charge in [0.2, 0.25) is 5.95 Å². The summed E-state index contributed by atoms with van der Waals surface area (Å²) in [6.45, 7) is -1.96. The lowest BCUT2D eigenvalue weighted by Gasteiger charge is -2.27. The highest BCUT2D eigenvalue weighted by Gasteiger charge is 2.84. The first kappa shape index (κ1) is 31.7. The van der Waals surface area contributed by atoms with Crippen LogP contribution in [0.3, 0.4) is 0 Å². The molecule has 4 aromatic rings. The van der Waals surface area contributed by atoms with E-state index in [2.05, 4.69) is 29.9 Å². The Hall–Kier alpha value is -3.54. The zero-order chi connectivity index (χ0) is 34.0. The van der Waals surface area contributed by atoms with Crippen molar-refractivity contribution in [2.75, 3.05) is 24.7 Å². The number of phosphoric acid groups is 2. The molecule has 0 amide bonds. The van der Waals surface area contributed by atoms with Gasteiger partial charge in [0.05, 0.1) is 37.4 Å². The van der Waals surface area contributed by atoms with E-state index in [0.29, 0.717) is 0 Å². The van der Waals surface area contributed by atoms with Crippen LogP contribution in [-0.2, 0) is 36.7 Å². The number of ether oxygens (including phenoxy) is 2. The Kier molecular flexibility index (Phi) is 6.92. The summed E-state index contributed by atoms with van der Waals surface area (Å²) >= 11 is 0. The highest BCUT2D eigenvalue weighted by atomic mass is 31.2. The van der Waals surface area contributed by atoms with E-state index in [1.54, 1.807) is 0 Å². The molecule has 1 spiro atoms. The van der Waals surface area contributed by atoms with Gasteiger partial charge in [-0.3, -0.25) is 37.0 Å². The summed E-state index contributed by atoms with van der Waals surface area (Å²) in [5, 5.41) is 11.2. The van der Waals surface area contributed by atoms with E-state index in [1.165, 1.54) is 0 Å². The van der Waals surface area contributed by atoms with E-state index >= 15 is 8.78 Å². The fraction of sp³-hybridized carbons (Fsp3) is 0.545. The number of nitrogens with two attached hydrogens (primary N) is 2. The number of aliphatic hydroxyl groups is 1. The summed E-state index contributed by atoms with van der Waals surface area (Å²) in [5.74, 6) is -3.93. The Morgan fingerprint density at radius 3 is 2.33 bits per heavy atom. The van der Waals surface area contributed by atoms with Crippen molar-refractivity contribution in [3.8, 4) is 0 Å². The van der Waals surface area contributed by atoms with Crippen LogP contribution in [0.15, 0.2) is 23.8 Å². The second-order valence-corrected chi connectivity index (χ2v) is 14.3. The number of aromatic amines is 1. The van der Waals surface area contributed by atoms with Gasteiger partial charge in [-0.2, -0.15) is 4.98 Å². The molecule has 26 heteroatoms. The topological polar surface area (TPSA) is 309 Å². The molecule has 4 aliphatic rings. The summed E-state index contributed by atoms with van der Waals surface area (Å²) in [5.41, 5.74) is 8.15. The number of nitrogen functional groups attached to an aromatic ring is 2. The standard InChI is InChI=1S/C22H24F2N10O12P2/c23-22(24)3-21(22)8-2-42-47(37,38)45-12-7(43-18(11(12)35)34-6-30-10-16(34)31-20(26)32-17(10)36)1-41-48(39,40)46-13(21)19(44-8)33-5-29-9-14(25)27-4-28-15(9)33/h4-8,11-13,18-19,35H,1-3H2,(H,37,38)(H,39,40)(H2,25,27,28)(H3,26,31,32,36)/t7-,8-,11-,12-,13+,18-,19-,21-/m1/s1. The molecule has 2 unspecified atom stereocenters. The van der Waals surface area contributed by atoms with E-state index in [4.69, 9.17) is 39.0 Å². The van der Waals surface area contributed by atoms with Gasteiger partial charge in [0, 0.05) is 6.42 Å². The largest absolute Gasteiger partial charge is 0.472 e. The predicted octanol–water partition coefficient (Wildman–Crippen LogP) is -0.677. The molecule has 4 fully saturated rings. The molecular weight excluding hydrogens is 696 g/mol. The number of imidazole rings is 2. The summed E-state index contributed by atoms with van der Waals surface area (Å²) in [6.07, 6.45) is -9.78. The van der Waals surface area contributed by atoms with Gasteiger partial charge in [-0.1, -0.05) is 0 Å². The van der Waals surface area contributed by atoms with Gasteiger partial charge in [-0.05, 0) is 0 Å². The third-order valence-corrected chi connectivity index (χ3v) is 10.7. The molecule has 0 radical (unpaired) electrons. The molecular formula is C22H24F2N10O12P2. The number of fused-ring (bicyclic) bond motifs is 3. The number of nitrogens with one attached hydrogen (secondary N) is 1. The van der Waals surface area contributed by atoms with E-state index < -0.39 is 95.2 Å². The number of H-pyrrole nitrogens is 1. The van der Waals surface area contributed by atoms with E-state index in [-0.39, 0.29) is 34.1 Å². The second-order valence-electron chi connectivity index (χ2n) is 11.5.